The Hall–Kier alpha value is -0.980. The SMILES string of the molecule is CCOC(=O)c1c(Br)cnn1CC(F)F. The molecule has 0 N–H and O–H groups in total. The fourth-order valence-corrected chi connectivity index (χ4v) is 1.49. The quantitative estimate of drug-likeness (QED) is 0.795. The van der Waals surface area contributed by atoms with E-state index >= 15 is 0 Å². The van der Waals surface area contributed by atoms with E-state index in [0.717, 1.165) is 4.68 Å². The molecule has 1 heterocycles. The summed E-state index contributed by atoms with van der Waals surface area (Å²) in [5.74, 6) is -0.664. The highest BCUT2D eigenvalue weighted by atomic mass is 79.9. The number of halogens is 3. The van der Waals surface area contributed by atoms with Crippen molar-refractivity contribution in [3.05, 3.63) is 16.4 Å². The molecule has 1 aromatic heterocycles. The van der Waals surface area contributed by atoms with E-state index in [1.54, 1.807) is 6.92 Å². The van der Waals surface area contributed by atoms with E-state index in [1.807, 2.05) is 0 Å². The Morgan fingerprint density at radius 2 is 2.40 bits per heavy atom. The van der Waals surface area contributed by atoms with E-state index in [1.165, 1.54) is 6.20 Å². The third kappa shape index (κ3) is 2.98. The molecule has 84 valence electrons. The van der Waals surface area contributed by atoms with Crippen molar-refractivity contribution in [3.8, 4) is 0 Å². The van der Waals surface area contributed by atoms with Gasteiger partial charge in [-0.1, -0.05) is 0 Å². The molecule has 0 saturated heterocycles. The Morgan fingerprint density at radius 1 is 1.73 bits per heavy atom. The molecule has 0 radical (unpaired) electrons. The Morgan fingerprint density at radius 3 is 2.93 bits per heavy atom. The van der Waals surface area contributed by atoms with E-state index < -0.39 is 18.9 Å². The molecule has 0 fully saturated rings. The van der Waals surface area contributed by atoms with Gasteiger partial charge in [0.25, 0.3) is 6.43 Å². The van der Waals surface area contributed by atoms with Gasteiger partial charge in [-0.2, -0.15) is 5.10 Å². The van der Waals surface area contributed by atoms with E-state index in [4.69, 9.17) is 4.74 Å². The van der Waals surface area contributed by atoms with E-state index in [-0.39, 0.29) is 12.3 Å². The molecule has 0 amide bonds. The summed E-state index contributed by atoms with van der Waals surface area (Å²) in [6.07, 6.45) is -1.28. The van der Waals surface area contributed by atoms with Crippen molar-refractivity contribution in [2.24, 2.45) is 0 Å². The Bertz CT molecular complexity index is 354. The largest absolute Gasteiger partial charge is 0.461 e. The molecule has 0 spiro atoms. The first-order valence-electron chi connectivity index (χ1n) is 4.22. The summed E-state index contributed by atoms with van der Waals surface area (Å²) in [5.41, 5.74) is 0.0113. The van der Waals surface area contributed by atoms with Crippen LogP contribution >= 0.6 is 15.9 Å². The Balaban J connectivity index is 2.93. The summed E-state index contributed by atoms with van der Waals surface area (Å²) >= 11 is 3.05. The second kappa shape index (κ2) is 5.20. The van der Waals surface area contributed by atoms with Crippen LogP contribution in [-0.4, -0.2) is 28.8 Å². The summed E-state index contributed by atoms with van der Waals surface area (Å²) in [5, 5.41) is 3.65. The molecule has 0 unspecified atom stereocenters. The van der Waals surface area contributed by atoms with Gasteiger partial charge < -0.3 is 4.74 Å². The topological polar surface area (TPSA) is 44.1 Å². The first kappa shape index (κ1) is 12.1. The van der Waals surface area contributed by atoms with Gasteiger partial charge in [0, 0.05) is 0 Å². The molecule has 1 aromatic rings. The van der Waals surface area contributed by atoms with Crippen molar-refractivity contribution in [2.75, 3.05) is 6.61 Å². The average molecular weight is 283 g/mol. The van der Waals surface area contributed by atoms with Gasteiger partial charge in [0.2, 0.25) is 0 Å². The van der Waals surface area contributed by atoms with Crippen LogP contribution in [-0.2, 0) is 11.3 Å². The lowest BCUT2D eigenvalue weighted by Crippen LogP contribution is -2.17. The molecule has 0 aliphatic carbocycles. The molecular formula is C8H9BrF2N2O2. The minimum atomic E-state index is -2.56. The maximum absolute atomic E-state index is 12.1. The highest BCUT2D eigenvalue weighted by Gasteiger charge is 2.20. The number of esters is 1. The van der Waals surface area contributed by atoms with Crippen LogP contribution in [0.5, 0.6) is 0 Å². The second-order valence-corrected chi connectivity index (χ2v) is 3.49. The fourth-order valence-electron chi connectivity index (χ4n) is 1.03. The number of carbonyl (C=O) groups excluding carboxylic acids is 1. The van der Waals surface area contributed by atoms with Crippen molar-refractivity contribution in [3.63, 3.8) is 0 Å². The standard InChI is InChI=1S/C8H9BrF2N2O2/c1-2-15-8(14)7-5(9)3-12-13(7)4-6(10)11/h3,6H,2,4H2,1H3. The van der Waals surface area contributed by atoms with Crippen LogP contribution in [0.25, 0.3) is 0 Å². The van der Waals surface area contributed by atoms with Gasteiger partial charge in [-0.3, -0.25) is 4.68 Å². The van der Waals surface area contributed by atoms with Crippen LogP contribution in [0.3, 0.4) is 0 Å². The van der Waals surface area contributed by atoms with Gasteiger partial charge >= 0.3 is 5.97 Å². The molecule has 0 aliphatic heterocycles. The number of alkyl halides is 2. The van der Waals surface area contributed by atoms with Gasteiger partial charge in [0.05, 0.1) is 17.3 Å². The summed E-state index contributed by atoms with van der Waals surface area (Å²) in [6.45, 7) is 1.20. The summed E-state index contributed by atoms with van der Waals surface area (Å²) in [4.78, 5) is 11.4. The molecule has 0 bridgehead atoms. The van der Waals surface area contributed by atoms with Gasteiger partial charge in [0.1, 0.15) is 6.54 Å². The third-order valence-corrected chi connectivity index (χ3v) is 2.15. The molecule has 7 heteroatoms. The molecule has 0 saturated carbocycles. The first-order chi connectivity index (χ1) is 7.06. The van der Waals surface area contributed by atoms with Crippen LogP contribution in [0.2, 0.25) is 0 Å². The summed E-state index contributed by atoms with van der Waals surface area (Å²) in [7, 11) is 0. The Kier molecular flexibility index (Phi) is 4.19. The summed E-state index contributed by atoms with van der Waals surface area (Å²) < 4.78 is 30.2. The molecule has 1 rings (SSSR count). The number of aromatic nitrogens is 2. The van der Waals surface area contributed by atoms with Crippen LogP contribution in [0.15, 0.2) is 10.7 Å². The van der Waals surface area contributed by atoms with Gasteiger partial charge in [0.15, 0.2) is 5.69 Å². The van der Waals surface area contributed by atoms with Crippen molar-refractivity contribution < 1.29 is 18.3 Å². The average Bonchev–Trinajstić information content (AvgIpc) is 2.46. The van der Waals surface area contributed by atoms with Gasteiger partial charge in [-0.05, 0) is 22.9 Å². The molecule has 0 atom stereocenters. The molecular weight excluding hydrogens is 274 g/mol. The second-order valence-electron chi connectivity index (χ2n) is 2.63. The van der Waals surface area contributed by atoms with Gasteiger partial charge in [-0.15, -0.1) is 0 Å². The smallest absolute Gasteiger partial charge is 0.357 e. The minimum absolute atomic E-state index is 0.0113. The zero-order chi connectivity index (χ0) is 11.4. The van der Waals surface area contributed by atoms with Crippen LogP contribution < -0.4 is 0 Å². The zero-order valence-corrected chi connectivity index (χ0v) is 9.50. The number of ether oxygens (including phenoxy) is 1. The normalized spacial score (nSPS) is 10.7. The fraction of sp³-hybridized carbons (Fsp3) is 0.500. The van der Waals surface area contributed by atoms with Crippen molar-refractivity contribution >= 4 is 21.9 Å². The third-order valence-electron chi connectivity index (χ3n) is 1.57. The van der Waals surface area contributed by atoms with Crippen LogP contribution in [0, 0.1) is 0 Å². The van der Waals surface area contributed by atoms with Gasteiger partial charge in [-0.25, -0.2) is 13.6 Å². The van der Waals surface area contributed by atoms with Crippen LogP contribution in [0.1, 0.15) is 17.4 Å². The molecule has 4 nitrogen and oxygen atoms in total. The highest BCUT2D eigenvalue weighted by Crippen LogP contribution is 2.18. The summed E-state index contributed by atoms with van der Waals surface area (Å²) in [6, 6.07) is 0. The number of nitrogens with zero attached hydrogens (tertiary/aromatic N) is 2. The van der Waals surface area contributed by atoms with Crippen molar-refractivity contribution in [1.29, 1.82) is 0 Å². The maximum Gasteiger partial charge on any atom is 0.357 e. The zero-order valence-electron chi connectivity index (χ0n) is 7.91. The minimum Gasteiger partial charge on any atom is -0.461 e. The lowest BCUT2D eigenvalue weighted by Gasteiger charge is -2.06. The monoisotopic (exact) mass is 282 g/mol. The predicted octanol–water partition coefficient (Wildman–Crippen LogP) is 2.09. The number of hydrogen-bond donors (Lipinski definition) is 0. The highest BCUT2D eigenvalue weighted by molar-refractivity contribution is 9.10. The number of hydrogen-bond acceptors (Lipinski definition) is 3. The lowest BCUT2D eigenvalue weighted by atomic mass is 10.4. The first-order valence-corrected chi connectivity index (χ1v) is 5.02. The Labute approximate surface area is 93.3 Å². The van der Waals surface area contributed by atoms with E-state index in [2.05, 4.69) is 21.0 Å². The molecule has 0 aromatic carbocycles. The molecule has 15 heavy (non-hydrogen) atoms. The number of carbonyl (C=O) groups is 1. The number of rotatable bonds is 4. The van der Waals surface area contributed by atoms with Crippen molar-refractivity contribution in [1.82, 2.24) is 9.78 Å². The lowest BCUT2D eigenvalue weighted by molar-refractivity contribution is 0.0501. The van der Waals surface area contributed by atoms with Crippen LogP contribution in [0.4, 0.5) is 8.78 Å². The predicted molar refractivity (Wildman–Crippen MR) is 51.9 cm³/mol. The van der Waals surface area contributed by atoms with E-state index in [9.17, 15) is 13.6 Å². The van der Waals surface area contributed by atoms with E-state index in [0.29, 0.717) is 4.47 Å². The molecule has 0 aliphatic rings. The maximum atomic E-state index is 12.1. The van der Waals surface area contributed by atoms with Crippen molar-refractivity contribution in [2.45, 2.75) is 19.9 Å².